The number of carbonyl (C=O) groups excluding carboxylic acids is 1. The van der Waals surface area contributed by atoms with E-state index < -0.39 is 0 Å². The molecule has 168 valence electrons. The molecule has 1 unspecified atom stereocenters. The van der Waals surface area contributed by atoms with Crippen molar-refractivity contribution in [1.82, 2.24) is 5.32 Å². The van der Waals surface area contributed by atoms with E-state index in [4.69, 9.17) is 0 Å². The largest absolute Gasteiger partial charge is 0.309 e. The molecule has 1 atom stereocenters. The smallest absolute Gasteiger partial charge is 0.224 e. The number of unbranched alkanes of at least 4 members (excludes halogenated alkanes) is 11. The van der Waals surface area contributed by atoms with Crippen LogP contribution in [-0.4, -0.2) is 37.2 Å². The highest BCUT2D eigenvalue weighted by Gasteiger charge is 2.25. The number of amides is 1. The lowest BCUT2D eigenvalue weighted by Crippen LogP contribution is -2.57. The average molecular weight is 398 g/mol. The number of nitrogens with zero attached hydrogens (tertiary/aromatic N) is 1. The molecule has 1 N–H and O–H groups in total. The third kappa shape index (κ3) is 15.4. The number of rotatable bonds is 19. The van der Waals surface area contributed by atoms with Gasteiger partial charge in [0.1, 0.15) is 0 Å². The van der Waals surface area contributed by atoms with Crippen LogP contribution in [0.5, 0.6) is 0 Å². The Morgan fingerprint density at radius 2 is 1.18 bits per heavy atom. The van der Waals surface area contributed by atoms with Gasteiger partial charge in [-0.1, -0.05) is 97.8 Å². The predicted octanol–water partition coefficient (Wildman–Crippen LogP) is 7.05. The Bertz CT molecular complexity index is 366. The van der Waals surface area contributed by atoms with Gasteiger partial charge in [0.15, 0.2) is 6.17 Å². The van der Waals surface area contributed by atoms with Crippen molar-refractivity contribution in [1.29, 1.82) is 0 Å². The second kappa shape index (κ2) is 17.3. The fourth-order valence-electron chi connectivity index (χ4n) is 3.86. The van der Waals surface area contributed by atoms with Gasteiger partial charge < -0.3 is 9.80 Å². The molecule has 0 aliphatic carbocycles. The first-order valence-corrected chi connectivity index (χ1v) is 12.5. The molecule has 0 aromatic carbocycles. The minimum atomic E-state index is 0.236. The molecule has 0 aliphatic rings. The van der Waals surface area contributed by atoms with Crippen molar-refractivity contribution in [3.8, 4) is 0 Å². The highest BCUT2D eigenvalue weighted by Crippen LogP contribution is 2.14. The van der Waals surface area contributed by atoms with Crippen LogP contribution < -0.4 is 5.32 Å². The summed E-state index contributed by atoms with van der Waals surface area (Å²) in [6.45, 7) is 10.0. The van der Waals surface area contributed by atoms with Crippen LogP contribution in [0.4, 0.5) is 0 Å². The first kappa shape index (κ1) is 27.4. The molecular weight excluding hydrogens is 344 g/mol. The molecule has 3 nitrogen and oxygen atoms in total. The van der Waals surface area contributed by atoms with Crippen molar-refractivity contribution in [3.63, 3.8) is 0 Å². The summed E-state index contributed by atoms with van der Waals surface area (Å²) in [5.41, 5.74) is 0. The fraction of sp³-hybridized carbons (Fsp3) is 0.960. The number of nitrogens with one attached hydrogen (secondary N) is 1. The first-order valence-electron chi connectivity index (χ1n) is 12.5. The normalized spacial score (nSPS) is 13.1. The lowest BCUT2D eigenvalue weighted by molar-refractivity contribution is -0.915. The molecule has 0 aromatic rings. The Morgan fingerprint density at radius 1 is 0.750 bits per heavy atom. The molecule has 0 rings (SSSR count). The van der Waals surface area contributed by atoms with Gasteiger partial charge in [0, 0.05) is 12.8 Å². The van der Waals surface area contributed by atoms with E-state index >= 15 is 0 Å². The summed E-state index contributed by atoms with van der Waals surface area (Å²) in [5, 5.41) is 3.24. The van der Waals surface area contributed by atoms with Gasteiger partial charge in [0.05, 0.1) is 20.6 Å². The molecule has 0 spiro atoms. The summed E-state index contributed by atoms with van der Waals surface area (Å²) in [5.74, 6) is 1.11. The summed E-state index contributed by atoms with van der Waals surface area (Å²) in [7, 11) is 4.39. The van der Waals surface area contributed by atoms with E-state index in [1.807, 2.05) is 0 Å². The van der Waals surface area contributed by atoms with Crippen LogP contribution in [0, 0.1) is 5.92 Å². The van der Waals surface area contributed by atoms with E-state index in [0.717, 1.165) is 29.8 Å². The number of hydrogen-bond donors (Lipinski definition) is 1. The fourth-order valence-corrected chi connectivity index (χ4v) is 3.86. The molecule has 1 amide bonds. The molecule has 0 aliphatic heterocycles. The van der Waals surface area contributed by atoms with E-state index in [-0.39, 0.29) is 12.1 Å². The summed E-state index contributed by atoms with van der Waals surface area (Å²) in [4.78, 5) is 12.2. The molecule has 0 radical (unpaired) electrons. The Kier molecular flexibility index (Phi) is 16.9. The van der Waals surface area contributed by atoms with Crippen molar-refractivity contribution >= 4 is 5.91 Å². The third-order valence-electron chi connectivity index (χ3n) is 6.31. The summed E-state index contributed by atoms with van der Waals surface area (Å²) >= 11 is 0. The molecule has 0 heterocycles. The number of carbonyl (C=O) groups is 1. The van der Waals surface area contributed by atoms with Crippen molar-refractivity contribution in [2.45, 2.75) is 130 Å². The minimum absolute atomic E-state index is 0.236. The Labute approximate surface area is 177 Å². The predicted molar refractivity (Wildman–Crippen MR) is 124 cm³/mol. The zero-order valence-corrected chi connectivity index (χ0v) is 20.3. The van der Waals surface area contributed by atoms with Crippen LogP contribution in [0.1, 0.15) is 124 Å². The zero-order chi connectivity index (χ0) is 21.3. The quantitative estimate of drug-likeness (QED) is 0.141. The Hall–Kier alpha value is -0.570. The van der Waals surface area contributed by atoms with Gasteiger partial charge in [-0.05, 0) is 19.3 Å². The van der Waals surface area contributed by atoms with Crippen LogP contribution in [0.25, 0.3) is 0 Å². The lowest BCUT2D eigenvalue weighted by Gasteiger charge is -2.36. The van der Waals surface area contributed by atoms with Crippen LogP contribution in [-0.2, 0) is 4.79 Å². The standard InChI is InChI=1S/C25H52N2O/c1-7-24(27(5,6)8-2)26-25(28)22-20-18-16-14-12-10-9-11-13-15-17-19-21-23(3)4/h23-24H,7-22H2,1-6H3/p+1. The number of quaternary nitrogens is 1. The minimum Gasteiger partial charge on any atom is -0.309 e. The van der Waals surface area contributed by atoms with E-state index in [9.17, 15) is 4.79 Å². The average Bonchev–Trinajstić information content (AvgIpc) is 2.65. The molecule has 0 fully saturated rings. The van der Waals surface area contributed by atoms with Crippen molar-refractivity contribution in [2.24, 2.45) is 5.92 Å². The summed E-state index contributed by atoms with van der Waals surface area (Å²) < 4.78 is 0.861. The van der Waals surface area contributed by atoms with Gasteiger partial charge >= 0.3 is 0 Å². The summed E-state index contributed by atoms with van der Waals surface area (Å²) in [6, 6.07) is 0. The second-order valence-corrected chi connectivity index (χ2v) is 9.76. The zero-order valence-electron chi connectivity index (χ0n) is 20.3. The Morgan fingerprint density at radius 3 is 1.57 bits per heavy atom. The van der Waals surface area contributed by atoms with Gasteiger partial charge in [0.2, 0.25) is 5.91 Å². The summed E-state index contributed by atoms with van der Waals surface area (Å²) in [6.07, 6.45) is 19.5. The maximum Gasteiger partial charge on any atom is 0.224 e. The second-order valence-electron chi connectivity index (χ2n) is 9.76. The highest BCUT2D eigenvalue weighted by molar-refractivity contribution is 5.75. The molecular formula is C25H53N2O+. The van der Waals surface area contributed by atoms with E-state index in [1.165, 1.54) is 77.0 Å². The molecule has 0 saturated heterocycles. The molecule has 3 heteroatoms. The van der Waals surface area contributed by atoms with Gasteiger partial charge in [0.25, 0.3) is 0 Å². The van der Waals surface area contributed by atoms with E-state index in [0.29, 0.717) is 6.42 Å². The SMILES string of the molecule is CCC(NC(=O)CCCCCCCCCCCCCCC(C)C)[N+](C)(C)CC. The van der Waals surface area contributed by atoms with E-state index in [1.54, 1.807) is 0 Å². The highest BCUT2D eigenvalue weighted by atomic mass is 16.1. The third-order valence-corrected chi connectivity index (χ3v) is 6.31. The van der Waals surface area contributed by atoms with Crippen molar-refractivity contribution in [2.75, 3.05) is 20.6 Å². The van der Waals surface area contributed by atoms with Crippen LogP contribution in [0.3, 0.4) is 0 Å². The maximum absolute atomic E-state index is 12.2. The maximum atomic E-state index is 12.2. The van der Waals surface area contributed by atoms with Crippen LogP contribution in [0.2, 0.25) is 0 Å². The number of hydrogen-bond acceptors (Lipinski definition) is 1. The lowest BCUT2D eigenvalue weighted by atomic mass is 10.0. The van der Waals surface area contributed by atoms with Gasteiger partial charge in [-0.15, -0.1) is 0 Å². The van der Waals surface area contributed by atoms with Gasteiger partial charge in [-0.2, -0.15) is 0 Å². The van der Waals surface area contributed by atoms with Gasteiger partial charge in [-0.25, -0.2) is 0 Å². The van der Waals surface area contributed by atoms with Crippen LogP contribution in [0.15, 0.2) is 0 Å². The van der Waals surface area contributed by atoms with E-state index in [2.05, 4.69) is 47.1 Å². The molecule has 0 bridgehead atoms. The molecule has 28 heavy (non-hydrogen) atoms. The topological polar surface area (TPSA) is 29.1 Å². The van der Waals surface area contributed by atoms with Gasteiger partial charge in [-0.3, -0.25) is 4.79 Å². The first-order chi connectivity index (χ1) is 13.3. The van der Waals surface area contributed by atoms with Crippen LogP contribution >= 0.6 is 0 Å². The van der Waals surface area contributed by atoms with Crippen molar-refractivity contribution in [3.05, 3.63) is 0 Å². The van der Waals surface area contributed by atoms with Crippen molar-refractivity contribution < 1.29 is 9.28 Å². The Balaban J connectivity index is 3.44. The monoisotopic (exact) mass is 397 g/mol. The molecule has 0 saturated carbocycles. The molecule has 0 aromatic heterocycles.